The second kappa shape index (κ2) is 6.24. The summed E-state index contributed by atoms with van der Waals surface area (Å²) >= 11 is 0. The van der Waals surface area contributed by atoms with Crippen molar-refractivity contribution in [2.24, 2.45) is 0 Å². The minimum atomic E-state index is 0.692. The highest BCUT2D eigenvalue weighted by molar-refractivity contribution is 5.56. The molecule has 1 saturated heterocycles. The normalized spacial score (nSPS) is 19.5. The smallest absolute Gasteiger partial charge is 0.0414 e. The van der Waals surface area contributed by atoms with E-state index in [2.05, 4.69) is 49.2 Å². The van der Waals surface area contributed by atoms with Crippen LogP contribution in [0.4, 0.5) is 5.69 Å². The molecule has 100 valence electrons. The van der Waals surface area contributed by atoms with Gasteiger partial charge >= 0.3 is 0 Å². The van der Waals surface area contributed by atoms with Crippen molar-refractivity contribution in [2.75, 3.05) is 18.0 Å². The number of anilines is 1. The molecule has 1 atom stereocenters. The van der Waals surface area contributed by atoms with Gasteiger partial charge in [-0.1, -0.05) is 24.6 Å². The molecule has 1 N–H and O–H groups in total. The van der Waals surface area contributed by atoms with Gasteiger partial charge < -0.3 is 10.2 Å². The first-order chi connectivity index (χ1) is 8.72. The Morgan fingerprint density at radius 3 is 2.89 bits per heavy atom. The van der Waals surface area contributed by atoms with E-state index in [1.54, 1.807) is 0 Å². The minimum Gasteiger partial charge on any atom is -0.369 e. The van der Waals surface area contributed by atoms with Crippen LogP contribution in [-0.4, -0.2) is 19.1 Å². The summed E-state index contributed by atoms with van der Waals surface area (Å²) in [6.45, 7) is 10.0. The van der Waals surface area contributed by atoms with Gasteiger partial charge in [-0.2, -0.15) is 0 Å². The first-order valence-electron chi connectivity index (χ1n) is 7.29. The number of benzene rings is 1. The molecule has 0 aromatic heterocycles. The Balaban J connectivity index is 2.17. The number of hydrogen-bond acceptors (Lipinski definition) is 2. The summed E-state index contributed by atoms with van der Waals surface area (Å²) in [5.41, 5.74) is 4.25. The number of nitrogens with zero attached hydrogens (tertiary/aromatic N) is 1. The van der Waals surface area contributed by atoms with Gasteiger partial charge in [0.05, 0.1) is 0 Å². The summed E-state index contributed by atoms with van der Waals surface area (Å²) in [6, 6.07) is 7.57. The van der Waals surface area contributed by atoms with Crippen LogP contribution < -0.4 is 10.2 Å². The highest BCUT2D eigenvalue weighted by atomic mass is 15.2. The Kier molecular flexibility index (Phi) is 4.65. The summed E-state index contributed by atoms with van der Waals surface area (Å²) in [4.78, 5) is 2.57. The fraction of sp³-hybridized carbons (Fsp3) is 0.625. The first kappa shape index (κ1) is 13.4. The predicted octanol–water partition coefficient (Wildman–Crippen LogP) is 3.48. The van der Waals surface area contributed by atoms with Crippen LogP contribution in [0, 0.1) is 6.92 Å². The average Bonchev–Trinajstić information content (AvgIpc) is 2.76. The molecule has 2 rings (SSSR count). The van der Waals surface area contributed by atoms with Crippen LogP contribution in [0.2, 0.25) is 0 Å². The summed E-state index contributed by atoms with van der Waals surface area (Å²) < 4.78 is 0. The molecule has 0 radical (unpaired) electrons. The van der Waals surface area contributed by atoms with Gasteiger partial charge in [0, 0.05) is 24.8 Å². The number of hydrogen-bond donors (Lipinski definition) is 1. The maximum Gasteiger partial charge on any atom is 0.0414 e. The van der Waals surface area contributed by atoms with Crippen molar-refractivity contribution in [3.8, 4) is 0 Å². The summed E-state index contributed by atoms with van der Waals surface area (Å²) in [5.74, 6) is 0. The van der Waals surface area contributed by atoms with Crippen LogP contribution in [0.1, 0.15) is 44.2 Å². The van der Waals surface area contributed by atoms with Gasteiger partial charge in [0.15, 0.2) is 0 Å². The molecule has 0 bridgehead atoms. The van der Waals surface area contributed by atoms with E-state index in [-0.39, 0.29) is 0 Å². The Morgan fingerprint density at radius 1 is 1.39 bits per heavy atom. The molecule has 2 heteroatoms. The Morgan fingerprint density at radius 2 is 2.22 bits per heavy atom. The van der Waals surface area contributed by atoms with Crippen molar-refractivity contribution < 1.29 is 0 Å². The van der Waals surface area contributed by atoms with Crippen LogP contribution >= 0.6 is 0 Å². The fourth-order valence-corrected chi connectivity index (χ4v) is 2.83. The number of aryl methyl sites for hydroxylation is 1. The molecule has 0 aliphatic carbocycles. The topological polar surface area (TPSA) is 15.3 Å². The molecule has 1 fully saturated rings. The van der Waals surface area contributed by atoms with E-state index < -0.39 is 0 Å². The molecular weight excluding hydrogens is 220 g/mol. The molecule has 2 nitrogen and oxygen atoms in total. The van der Waals surface area contributed by atoms with Crippen molar-refractivity contribution in [3.05, 3.63) is 29.3 Å². The number of rotatable bonds is 5. The Hall–Kier alpha value is -1.02. The molecule has 0 saturated carbocycles. The lowest BCUT2D eigenvalue weighted by Crippen LogP contribution is -2.28. The van der Waals surface area contributed by atoms with E-state index in [0.29, 0.717) is 6.04 Å². The van der Waals surface area contributed by atoms with Crippen LogP contribution in [0.5, 0.6) is 0 Å². The van der Waals surface area contributed by atoms with Gasteiger partial charge in [0.2, 0.25) is 0 Å². The van der Waals surface area contributed by atoms with Gasteiger partial charge in [-0.15, -0.1) is 0 Å². The maximum absolute atomic E-state index is 3.53. The number of nitrogens with one attached hydrogen (secondary N) is 1. The van der Waals surface area contributed by atoms with E-state index in [0.717, 1.165) is 13.1 Å². The van der Waals surface area contributed by atoms with E-state index in [1.807, 2.05) is 0 Å². The molecule has 0 amide bonds. The quantitative estimate of drug-likeness (QED) is 0.800. The molecule has 0 spiro atoms. The molecule has 1 aliphatic rings. The zero-order valence-electron chi connectivity index (χ0n) is 12.0. The van der Waals surface area contributed by atoms with Crippen molar-refractivity contribution in [1.82, 2.24) is 5.32 Å². The third-order valence-electron chi connectivity index (χ3n) is 3.84. The monoisotopic (exact) mass is 246 g/mol. The highest BCUT2D eigenvalue weighted by Gasteiger charge is 2.22. The zero-order valence-corrected chi connectivity index (χ0v) is 12.0. The van der Waals surface area contributed by atoms with E-state index >= 15 is 0 Å². The van der Waals surface area contributed by atoms with Crippen LogP contribution in [0.15, 0.2) is 18.2 Å². The van der Waals surface area contributed by atoms with Crippen molar-refractivity contribution in [2.45, 2.75) is 52.6 Å². The molecule has 1 aromatic carbocycles. The average molecular weight is 246 g/mol. The first-order valence-corrected chi connectivity index (χ1v) is 7.29. The molecule has 1 aromatic rings. The van der Waals surface area contributed by atoms with E-state index in [9.17, 15) is 0 Å². The largest absolute Gasteiger partial charge is 0.369 e. The predicted molar refractivity (Wildman–Crippen MR) is 79.2 cm³/mol. The SMILES string of the molecule is CCCNCc1cc(C)ccc1N1CCCC1C. The van der Waals surface area contributed by atoms with Gasteiger partial charge in [0.1, 0.15) is 0 Å². The second-order valence-corrected chi connectivity index (χ2v) is 5.49. The highest BCUT2D eigenvalue weighted by Crippen LogP contribution is 2.29. The van der Waals surface area contributed by atoms with Gasteiger partial charge in [-0.3, -0.25) is 0 Å². The third kappa shape index (κ3) is 3.05. The lowest BCUT2D eigenvalue weighted by Gasteiger charge is -2.27. The molecule has 1 heterocycles. The van der Waals surface area contributed by atoms with Gasteiger partial charge in [0.25, 0.3) is 0 Å². The third-order valence-corrected chi connectivity index (χ3v) is 3.84. The summed E-state index contributed by atoms with van der Waals surface area (Å²) in [7, 11) is 0. The Bertz CT molecular complexity index is 387. The lowest BCUT2D eigenvalue weighted by molar-refractivity contribution is 0.668. The standard InChI is InChI=1S/C16H26N2/c1-4-9-17-12-15-11-13(2)7-8-16(15)18-10-5-6-14(18)3/h7-8,11,14,17H,4-6,9-10,12H2,1-3H3. The maximum atomic E-state index is 3.53. The molecule has 1 aliphatic heterocycles. The molecule has 18 heavy (non-hydrogen) atoms. The minimum absolute atomic E-state index is 0.692. The van der Waals surface area contributed by atoms with E-state index in [4.69, 9.17) is 0 Å². The van der Waals surface area contributed by atoms with E-state index in [1.165, 1.54) is 42.6 Å². The molecule has 1 unspecified atom stereocenters. The second-order valence-electron chi connectivity index (χ2n) is 5.49. The van der Waals surface area contributed by atoms with Crippen LogP contribution in [0.25, 0.3) is 0 Å². The van der Waals surface area contributed by atoms with Crippen LogP contribution in [0.3, 0.4) is 0 Å². The Labute approximate surface area is 111 Å². The van der Waals surface area contributed by atoms with Crippen LogP contribution in [-0.2, 0) is 6.54 Å². The zero-order chi connectivity index (χ0) is 13.0. The van der Waals surface area contributed by atoms with Crippen molar-refractivity contribution in [3.63, 3.8) is 0 Å². The van der Waals surface area contributed by atoms with Gasteiger partial charge in [-0.05, 0) is 51.3 Å². The molecular formula is C16H26N2. The summed E-state index contributed by atoms with van der Waals surface area (Å²) in [6.07, 6.45) is 3.86. The van der Waals surface area contributed by atoms with Crippen molar-refractivity contribution >= 4 is 5.69 Å². The lowest BCUT2D eigenvalue weighted by atomic mass is 10.1. The fourth-order valence-electron chi connectivity index (χ4n) is 2.83. The summed E-state index contributed by atoms with van der Waals surface area (Å²) in [5, 5.41) is 3.53. The van der Waals surface area contributed by atoms with Gasteiger partial charge in [-0.25, -0.2) is 0 Å². The van der Waals surface area contributed by atoms with Crippen molar-refractivity contribution in [1.29, 1.82) is 0 Å².